The Labute approximate surface area is 71.6 Å². The highest BCUT2D eigenvalue weighted by atomic mass is 19.3. The van der Waals surface area contributed by atoms with Crippen LogP contribution >= 0.6 is 0 Å². The molecule has 0 aromatic heterocycles. The van der Waals surface area contributed by atoms with Crippen molar-refractivity contribution in [1.82, 2.24) is 0 Å². The summed E-state index contributed by atoms with van der Waals surface area (Å²) in [5, 5.41) is 19.1. The first-order valence-corrected chi connectivity index (χ1v) is 3.28. The molecule has 0 saturated carbocycles. The number of nitro benzene ring substituents is 1. The van der Waals surface area contributed by atoms with Crippen LogP contribution in [-0.4, -0.2) is 10.0 Å². The van der Waals surface area contributed by atoms with Crippen LogP contribution in [0, 0.1) is 10.1 Å². The molecule has 4 nitrogen and oxygen atoms in total. The lowest BCUT2D eigenvalue weighted by molar-refractivity contribution is -0.386. The predicted octanol–water partition coefficient (Wildman–Crippen LogP) is 2.24. The molecule has 0 spiro atoms. The summed E-state index contributed by atoms with van der Waals surface area (Å²) in [7, 11) is 0. The molecule has 0 fully saturated rings. The lowest BCUT2D eigenvalue weighted by Crippen LogP contribution is -1.95. The average Bonchev–Trinajstić information content (AvgIpc) is 2.03. The third-order valence-corrected chi connectivity index (χ3v) is 1.45. The van der Waals surface area contributed by atoms with E-state index >= 15 is 0 Å². The molecule has 1 aromatic rings. The van der Waals surface area contributed by atoms with Gasteiger partial charge in [-0.3, -0.25) is 10.1 Å². The molecule has 0 aliphatic heterocycles. The number of benzene rings is 1. The Morgan fingerprint density at radius 1 is 1.46 bits per heavy atom. The summed E-state index contributed by atoms with van der Waals surface area (Å²) in [6.07, 6.45) is -2.92. The topological polar surface area (TPSA) is 63.4 Å². The fourth-order valence-electron chi connectivity index (χ4n) is 0.875. The highest BCUT2D eigenvalue weighted by molar-refractivity contribution is 5.46. The molecule has 0 amide bonds. The SMILES string of the molecule is O=[N+]([O-])c1cc(O)ccc1C(F)F. The van der Waals surface area contributed by atoms with Gasteiger partial charge < -0.3 is 5.11 Å². The number of phenols is 1. The van der Waals surface area contributed by atoms with Crippen molar-refractivity contribution in [3.8, 4) is 5.75 Å². The molecule has 0 saturated heterocycles. The Kier molecular flexibility index (Phi) is 2.41. The van der Waals surface area contributed by atoms with Crippen LogP contribution in [0.4, 0.5) is 14.5 Å². The number of nitrogens with zero attached hydrogens (tertiary/aromatic N) is 1. The minimum atomic E-state index is -2.92. The highest BCUT2D eigenvalue weighted by Gasteiger charge is 2.21. The Hall–Kier alpha value is -1.72. The van der Waals surface area contributed by atoms with E-state index < -0.39 is 28.3 Å². The first-order chi connectivity index (χ1) is 6.02. The fraction of sp³-hybridized carbons (Fsp3) is 0.143. The van der Waals surface area contributed by atoms with Crippen LogP contribution < -0.4 is 0 Å². The van der Waals surface area contributed by atoms with Crippen molar-refractivity contribution in [2.45, 2.75) is 6.43 Å². The molecule has 1 aromatic carbocycles. The number of aromatic hydroxyl groups is 1. The van der Waals surface area contributed by atoms with Crippen molar-refractivity contribution in [1.29, 1.82) is 0 Å². The lowest BCUT2D eigenvalue weighted by atomic mass is 10.2. The van der Waals surface area contributed by atoms with Gasteiger partial charge in [-0.25, -0.2) is 8.78 Å². The Morgan fingerprint density at radius 3 is 2.54 bits per heavy atom. The summed E-state index contributed by atoms with van der Waals surface area (Å²) in [5.74, 6) is -0.406. The van der Waals surface area contributed by atoms with E-state index in [1.54, 1.807) is 0 Å². The van der Waals surface area contributed by atoms with Crippen molar-refractivity contribution < 1.29 is 18.8 Å². The van der Waals surface area contributed by atoms with E-state index in [1.807, 2.05) is 0 Å². The quantitative estimate of drug-likeness (QED) is 0.573. The van der Waals surface area contributed by atoms with E-state index in [9.17, 15) is 18.9 Å². The first kappa shape index (κ1) is 9.37. The van der Waals surface area contributed by atoms with Crippen LogP contribution in [0.1, 0.15) is 12.0 Å². The van der Waals surface area contributed by atoms with Crippen LogP contribution in [0.25, 0.3) is 0 Å². The molecule has 0 aliphatic carbocycles. The van der Waals surface area contributed by atoms with Crippen LogP contribution in [0.3, 0.4) is 0 Å². The van der Waals surface area contributed by atoms with Gasteiger partial charge in [-0.2, -0.15) is 0 Å². The largest absolute Gasteiger partial charge is 0.508 e. The molecule has 0 radical (unpaired) electrons. The van der Waals surface area contributed by atoms with Crippen molar-refractivity contribution in [2.75, 3.05) is 0 Å². The number of hydrogen-bond donors (Lipinski definition) is 1. The molecular weight excluding hydrogens is 184 g/mol. The van der Waals surface area contributed by atoms with Crippen LogP contribution in [0.5, 0.6) is 5.75 Å². The van der Waals surface area contributed by atoms with E-state index in [-0.39, 0.29) is 0 Å². The van der Waals surface area contributed by atoms with Crippen LogP contribution in [-0.2, 0) is 0 Å². The molecule has 1 rings (SSSR count). The minimum Gasteiger partial charge on any atom is -0.508 e. The average molecular weight is 189 g/mol. The molecule has 6 heteroatoms. The molecule has 0 unspecified atom stereocenters. The van der Waals surface area contributed by atoms with Gasteiger partial charge in [-0.1, -0.05) is 0 Å². The zero-order chi connectivity index (χ0) is 10.0. The monoisotopic (exact) mass is 189 g/mol. The van der Waals surface area contributed by atoms with E-state index in [1.165, 1.54) is 0 Å². The summed E-state index contributed by atoms with van der Waals surface area (Å²) in [5.41, 5.74) is -1.46. The normalized spacial score (nSPS) is 10.4. The Balaban J connectivity index is 3.27. The first-order valence-electron chi connectivity index (χ1n) is 3.28. The summed E-state index contributed by atoms with van der Waals surface area (Å²) < 4.78 is 24.3. The maximum atomic E-state index is 12.1. The van der Waals surface area contributed by atoms with Gasteiger partial charge >= 0.3 is 0 Å². The van der Waals surface area contributed by atoms with E-state index in [0.717, 1.165) is 12.1 Å². The van der Waals surface area contributed by atoms with Crippen molar-refractivity contribution in [2.24, 2.45) is 0 Å². The van der Waals surface area contributed by atoms with Crippen LogP contribution in [0.15, 0.2) is 18.2 Å². The third kappa shape index (κ3) is 1.90. The number of rotatable bonds is 2. The van der Waals surface area contributed by atoms with Crippen molar-refractivity contribution in [3.63, 3.8) is 0 Å². The Morgan fingerprint density at radius 2 is 2.08 bits per heavy atom. The van der Waals surface area contributed by atoms with Gasteiger partial charge in [0, 0.05) is 0 Å². The van der Waals surface area contributed by atoms with Crippen LogP contribution in [0.2, 0.25) is 0 Å². The van der Waals surface area contributed by atoms with Gasteiger partial charge in [0.25, 0.3) is 12.1 Å². The van der Waals surface area contributed by atoms with Gasteiger partial charge in [0.1, 0.15) is 5.75 Å². The summed E-state index contributed by atoms with van der Waals surface area (Å²) >= 11 is 0. The number of hydrogen-bond acceptors (Lipinski definition) is 3. The van der Waals surface area contributed by atoms with Gasteiger partial charge in [0.15, 0.2) is 0 Å². The molecule has 0 aliphatic rings. The molecule has 0 bridgehead atoms. The van der Waals surface area contributed by atoms with E-state index in [2.05, 4.69) is 0 Å². The second-order valence-corrected chi connectivity index (χ2v) is 2.30. The maximum Gasteiger partial charge on any atom is 0.282 e. The predicted molar refractivity (Wildman–Crippen MR) is 39.7 cm³/mol. The molecule has 13 heavy (non-hydrogen) atoms. The Bertz CT molecular complexity index is 341. The maximum absolute atomic E-state index is 12.1. The summed E-state index contributed by atoms with van der Waals surface area (Å²) in [4.78, 5) is 9.28. The summed E-state index contributed by atoms with van der Waals surface area (Å²) in [6, 6.07) is 2.51. The van der Waals surface area contributed by atoms with Gasteiger partial charge in [-0.15, -0.1) is 0 Å². The van der Waals surface area contributed by atoms with E-state index in [0.29, 0.717) is 6.07 Å². The number of alkyl halides is 2. The molecule has 0 heterocycles. The number of phenolic OH excluding ortho intramolecular Hbond substituents is 1. The van der Waals surface area contributed by atoms with Gasteiger partial charge in [0.2, 0.25) is 0 Å². The number of nitro groups is 1. The van der Waals surface area contributed by atoms with Gasteiger partial charge in [0.05, 0.1) is 16.6 Å². The highest BCUT2D eigenvalue weighted by Crippen LogP contribution is 2.31. The second-order valence-electron chi connectivity index (χ2n) is 2.30. The molecule has 70 valence electrons. The smallest absolute Gasteiger partial charge is 0.282 e. The second kappa shape index (κ2) is 3.34. The van der Waals surface area contributed by atoms with Crippen molar-refractivity contribution >= 4 is 5.69 Å². The fourth-order valence-corrected chi connectivity index (χ4v) is 0.875. The molecular formula is C7H5F2NO3. The zero-order valence-corrected chi connectivity index (χ0v) is 6.28. The minimum absolute atomic E-state index is 0.406. The van der Waals surface area contributed by atoms with Crippen molar-refractivity contribution in [3.05, 3.63) is 33.9 Å². The standard InChI is InChI=1S/C7H5F2NO3/c8-7(9)5-2-1-4(11)3-6(5)10(12)13/h1-3,7,11H. The molecule has 1 N–H and O–H groups in total. The van der Waals surface area contributed by atoms with Gasteiger partial charge in [-0.05, 0) is 12.1 Å². The zero-order valence-electron chi connectivity index (χ0n) is 6.28. The number of halogens is 2. The molecule has 0 atom stereocenters. The van der Waals surface area contributed by atoms with E-state index in [4.69, 9.17) is 5.11 Å². The summed E-state index contributed by atoms with van der Waals surface area (Å²) in [6.45, 7) is 0. The lowest BCUT2D eigenvalue weighted by Gasteiger charge is -2.00. The third-order valence-electron chi connectivity index (χ3n) is 1.45.